The highest BCUT2D eigenvalue weighted by molar-refractivity contribution is 5.97. The van der Waals surface area contributed by atoms with Gasteiger partial charge in [0.05, 0.1) is 22.2 Å². The Hall–Kier alpha value is -3.46. The summed E-state index contributed by atoms with van der Waals surface area (Å²) >= 11 is 0. The first-order chi connectivity index (χ1) is 13.2. The second kappa shape index (κ2) is 6.06. The minimum absolute atomic E-state index is 0.962. The van der Waals surface area contributed by atoms with Crippen LogP contribution in [0.25, 0.3) is 44.6 Å². The summed E-state index contributed by atoms with van der Waals surface area (Å²) in [5, 5.41) is 1.12. The van der Waals surface area contributed by atoms with Crippen molar-refractivity contribution in [2.24, 2.45) is 7.05 Å². The molecule has 2 aromatic heterocycles. The van der Waals surface area contributed by atoms with Gasteiger partial charge in [-0.15, -0.1) is 0 Å². The number of benzene rings is 3. The molecule has 0 aliphatic rings. The molecule has 3 nitrogen and oxygen atoms in total. The van der Waals surface area contributed by atoms with Crippen molar-refractivity contribution < 1.29 is 0 Å². The minimum Gasteiger partial charge on any atom is -0.327 e. The predicted molar refractivity (Wildman–Crippen MR) is 112 cm³/mol. The molecule has 2 heterocycles. The lowest BCUT2D eigenvalue weighted by Gasteiger charge is -2.10. The van der Waals surface area contributed by atoms with Crippen LogP contribution in [0, 0.1) is 6.92 Å². The zero-order valence-electron chi connectivity index (χ0n) is 15.3. The molecule has 0 amide bonds. The fourth-order valence-corrected chi connectivity index (χ4v) is 3.70. The zero-order valence-corrected chi connectivity index (χ0v) is 15.3. The Morgan fingerprint density at radius 1 is 0.741 bits per heavy atom. The van der Waals surface area contributed by atoms with Crippen LogP contribution in [0.4, 0.5) is 0 Å². The van der Waals surface area contributed by atoms with E-state index in [1.54, 1.807) is 0 Å². The molecule has 0 spiro atoms. The van der Waals surface area contributed by atoms with Crippen molar-refractivity contribution in [3.63, 3.8) is 0 Å². The number of pyridine rings is 1. The summed E-state index contributed by atoms with van der Waals surface area (Å²) < 4.78 is 2.16. The summed E-state index contributed by atoms with van der Waals surface area (Å²) in [7, 11) is 2.08. The molecule has 0 radical (unpaired) electrons. The van der Waals surface area contributed by atoms with Gasteiger partial charge in [0, 0.05) is 23.6 Å². The van der Waals surface area contributed by atoms with Gasteiger partial charge in [0.15, 0.2) is 0 Å². The van der Waals surface area contributed by atoms with Crippen LogP contribution in [0.15, 0.2) is 78.9 Å². The third kappa shape index (κ3) is 2.59. The Labute approximate surface area is 157 Å². The summed E-state index contributed by atoms with van der Waals surface area (Å²) in [5.74, 6) is 0.962. The minimum atomic E-state index is 0.962. The maximum atomic E-state index is 4.92. The monoisotopic (exact) mass is 349 g/mol. The Balaban J connectivity index is 1.84. The highest BCUT2D eigenvalue weighted by atomic mass is 15.1. The first kappa shape index (κ1) is 15.8. The summed E-state index contributed by atoms with van der Waals surface area (Å²) in [6, 6.07) is 27.2. The smallest absolute Gasteiger partial charge is 0.141 e. The van der Waals surface area contributed by atoms with Crippen LogP contribution in [0.2, 0.25) is 0 Å². The maximum Gasteiger partial charge on any atom is 0.141 e. The summed E-state index contributed by atoms with van der Waals surface area (Å²) in [4.78, 5) is 9.84. The molecule has 3 heteroatoms. The molecule has 0 saturated carbocycles. The normalized spacial score (nSPS) is 11.3. The van der Waals surface area contributed by atoms with Crippen LogP contribution < -0.4 is 0 Å². The van der Waals surface area contributed by atoms with Gasteiger partial charge in [-0.2, -0.15) is 0 Å². The molecule has 0 atom stereocenters. The van der Waals surface area contributed by atoms with Gasteiger partial charge < -0.3 is 4.57 Å². The Bertz CT molecular complexity index is 1300. The van der Waals surface area contributed by atoms with Crippen molar-refractivity contribution in [3.8, 4) is 22.6 Å². The molecule has 130 valence electrons. The van der Waals surface area contributed by atoms with Gasteiger partial charge >= 0.3 is 0 Å². The lowest BCUT2D eigenvalue weighted by molar-refractivity contribution is 0.960. The second-order valence-corrected chi connectivity index (χ2v) is 6.92. The predicted octanol–water partition coefficient (Wildman–Crippen LogP) is 5.76. The quantitative estimate of drug-likeness (QED) is 0.405. The second-order valence-electron chi connectivity index (χ2n) is 6.92. The molecule has 0 aliphatic carbocycles. The van der Waals surface area contributed by atoms with Crippen LogP contribution in [-0.2, 0) is 7.05 Å². The van der Waals surface area contributed by atoms with E-state index in [-0.39, 0.29) is 0 Å². The van der Waals surface area contributed by atoms with Gasteiger partial charge in [-0.05, 0) is 37.3 Å². The molecule has 0 unspecified atom stereocenters. The average molecular weight is 349 g/mol. The van der Waals surface area contributed by atoms with Gasteiger partial charge in [0.2, 0.25) is 0 Å². The van der Waals surface area contributed by atoms with Crippen molar-refractivity contribution in [2.45, 2.75) is 6.92 Å². The molecule has 0 aliphatic heterocycles. The van der Waals surface area contributed by atoms with Crippen LogP contribution in [0.1, 0.15) is 5.56 Å². The molecular weight excluding hydrogens is 330 g/mol. The van der Waals surface area contributed by atoms with Crippen molar-refractivity contribution in [1.82, 2.24) is 14.5 Å². The lowest BCUT2D eigenvalue weighted by atomic mass is 10.0. The van der Waals surface area contributed by atoms with Crippen LogP contribution >= 0.6 is 0 Å². The third-order valence-corrected chi connectivity index (χ3v) is 5.06. The Kier molecular flexibility index (Phi) is 3.54. The molecule has 3 aromatic carbocycles. The average Bonchev–Trinajstić information content (AvgIpc) is 3.04. The van der Waals surface area contributed by atoms with Crippen LogP contribution in [-0.4, -0.2) is 14.5 Å². The number of aromatic nitrogens is 3. The molecule has 0 N–H and O–H groups in total. The molecule has 0 saturated heterocycles. The van der Waals surface area contributed by atoms with Crippen molar-refractivity contribution >= 4 is 21.9 Å². The number of fused-ring (bicyclic) bond motifs is 2. The third-order valence-electron chi connectivity index (χ3n) is 5.06. The Morgan fingerprint density at radius 2 is 1.52 bits per heavy atom. The van der Waals surface area contributed by atoms with Crippen LogP contribution in [0.3, 0.4) is 0 Å². The van der Waals surface area contributed by atoms with E-state index >= 15 is 0 Å². The molecule has 5 aromatic rings. The first-order valence-corrected chi connectivity index (χ1v) is 9.09. The fourth-order valence-electron chi connectivity index (χ4n) is 3.70. The largest absolute Gasteiger partial charge is 0.327 e. The standard InChI is InChI=1S/C24H19N3/c1-16-8-7-9-17(14-16)22-15-19(18-10-3-4-11-20(18)25-22)24-26-21-12-5-6-13-23(21)27(24)2/h3-15H,1-2H3. The number of hydrogen-bond acceptors (Lipinski definition) is 2. The summed E-state index contributed by atoms with van der Waals surface area (Å²) in [5.41, 5.74) is 7.56. The van der Waals surface area contributed by atoms with E-state index in [1.807, 2.05) is 12.1 Å². The number of hydrogen-bond donors (Lipinski definition) is 0. The van der Waals surface area contributed by atoms with E-state index in [0.29, 0.717) is 0 Å². The number of para-hydroxylation sites is 3. The van der Waals surface area contributed by atoms with Crippen molar-refractivity contribution in [3.05, 3.63) is 84.4 Å². The van der Waals surface area contributed by atoms with Crippen molar-refractivity contribution in [2.75, 3.05) is 0 Å². The van der Waals surface area contributed by atoms with Crippen molar-refractivity contribution in [1.29, 1.82) is 0 Å². The topological polar surface area (TPSA) is 30.7 Å². The van der Waals surface area contributed by atoms with Crippen LogP contribution in [0.5, 0.6) is 0 Å². The number of aryl methyl sites for hydroxylation is 2. The van der Waals surface area contributed by atoms with E-state index in [9.17, 15) is 0 Å². The summed E-state index contributed by atoms with van der Waals surface area (Å²) in [6.07, 6.45) is 0. The fraction of sp³-hybridized carbons (Fsp3) is 0.0833. The van der Waals surface area contributed by atoms with E-state index in [1.165, 1.54) is 5.56 Å². The van der Waals surface area contributed by atoms with Gasteiger partial charge in [-0.3, -0.25) is 0 Å². The zero-order chi connectivity index (χ0) is 18.4. The van der Waals surface area contributed by atoms with Gasteiger partial charge in [-0.1, -0.05) is 54.1 Å². The molecule has 5 rings (SSSR count). The van der Waals surface area contributed by atoms with Gasteiger partial charge in [-0.25, -0.2) is 9.97 Å². The van der Waals surface area contributed by atoms with Gasteiger partial charge in [0.1, 0.15) is 5.82 Å². The van der Waals surface area contributed by atoms with E-state index in [0.717, 1.165) is 44.6 Å². The SMILES string of the molecule is Cc1cccc(-c2cc(-c3nc4ccccc4n3C)c3ccccc3n2)c1. The maximum absolute atomic E-state index is 4.92. The highest BCUT2D eigenvalue weighted by Gasteiger charge is 2.15. The molecule has 0 fully saturated rings. The first-order valence-electron chi connectivity index (χ1n) is 9.09. The van der Waals surface area contributed by atoms with Gasteiger partial charge in [0.25, 0.3) is 0 Å². The summed E-state index contributed by atoms with van der Waals surface area (Å²) in [6.45, 7) is 2.11. The molecular formula is C24H19N3. The number of nitrogens with zero attached hydrogens (tertiary/aromatic N) is 3. The number of imidazole rings is 1. The Morgan fingerprint density at radius 3 is 2.33 bits per heavy atom. The van der Waals surface area contributed by atoms with E-state index in [4.69, 9.17) is 9.97 Å². The molecule has 0 bridgehead atoms. The number of rotatable bonds is 2. The highest BCUT2D eigenvalue weighted by Crippen LogP contribution is 2.33. The lowest BCUT2D eigenvalue weighted by Crippen LogP contribution is -1.96. The van der Waals surface area contributed by atoms with E-state index in [2.05, 4.69) is 85.3 Å². The molecule has 27 heavy (non-hydrogen) atoms. The van der Waals surface area contributed by atoms with E-state index < -0.39 is 0 Å².